The highest BCUT2D eigenvalue weighted by Crippen LogP contribution is 2.44. The molecule has 0 bridgehead atoms. The third-order valence-electron chi connectivity index (χ3n) is 8.73. The predicted molar refractivity (Wildman–Crippen MR) is 186 cm³/mol. The van der Waals surface area contributed by atoms with Crippen LogP contribution in [-0.4, -0.2) is 9.55 Å². The Balaban J connectivity index is 1.30. The summed E-state index contributed by atoms with van der Waals surface area (Å²) in [6.45, 7) is 4.42. The molecule has 0 N–H and O–H groups in total. The smallest absolute Gasteiger partial charge is 0.117 e. The van der Waals surface area contributed by atoms with Gasteiger partial charge in [-0.05, 0) is 79.2 Å². The van der Waals surface area contributed by atoms with E-state index in [-0.39, 0.29) is 0 Å². The van der Waals surface area contributed by atoms with Crippen molar-refractivity contribution in [2.24, 2.45) is 0 Å². The topological polar surface area (TPSA) is 17.8 Å². The molecule has 7 aromatic carbocycles. The third-order valence-corrected chi connectivity index (χ3v) is 8.73. The fourth-order valence-corrected chi connectivity index (χ4v) is 6.69. The number of hydrogen-bond donors (Lipinski definition) is 0. The molecule has 0 fully saturated rings. The van der Waals surface area contributed by atoms with Crippen molar-refractivity contribution in [3.63, 3.8) is 0 Å². The Morgan fingerprint density at radius 1 is 0.432 bits per heavy atom. The molecule has 0 aliphatic rings. The van der Waals surface area contributed by atoms with Crippen molar-refractivity contribution in [1.29, 1.82) is 0 Å². The SMILES string of the molecule is CC(C)c1nc2ccccc2n1-c1ccc(-c2c3ccccc3c(-c3ccc(-c4ccccc4)cc3)c3ccccc23)cc1. The Morgan fingerprint density at radius 2 is 0.864 bits per heavy atom. The van der Waals surface area contributed by atoms with Crippen molar-refractivity contribution in [2.75, 3.05) is 0 Å². The van der Waals surface area contributed by atoms with Gasteiger partial charge in [0.1, 0.15) is 5.82 Å². The maximum absolute atomic E-state index is 4.98. The molecule has 0 aliphatic heterocycles. The maximum atomic E-state index is 4.98. The van der Waals surface area contributed by atoms with E-state index < -0.39 is 0 Å². The minimum atomic E-state index is 0.310. The minimum absolute atomic E-state index is 0.310. The Hall–Kier alpha value is -5.47. The second kappa shape index (κ2) is 10.7. The van der Waals surface area contributed by atoms with Crippen LogP contribution in [0.4, 0.5) is 0 Å². The van der Waals surface area contributed by atoms with E-state index in [1.807, 2.05) is 0 Å². The molecule has 44 heavy (non-hydrogen) atoms. The van der Waals surface area contributed by atoms with Gasteiger partial charge in [-0.3, -0.25) is 4.57 Å². The molecule has 0 radical (unpaired) electrons. The van der Waals surface area contributed by atoms with Gasteiger partial charge in [0.05, 0.1) is 11.0 Å². The molecular formula is C42H32N2. The number of hydrogen-bond acceptors (Lipinski definition) is 1. The van der Waals surface area contributed by atoms with Crippen molar-refractivity contribution < 1.29 is 0 Å². The standard InChI is InChI=1S/C42H32N2/c1-28(2)42-43-38-18-10-11-19-39(38)44(42)33-26-24-32(25-27-33)41-36-16-8-6-14-34(36)40(35-15-7-9-17-37(35)41)31-22-20-30(21-23-31)29-12-4-3-5-13-29/h3-28H,1-2H3. The van der Waals surface area contributed by atoms with E-state index in [9.17, 15) is 0 Å². The van der Waals surface area contributed by atoms with E-state index in [0.717, 1.165) is 22.5 Å². The lowest BCUT2D eigenvalue weighted by Gasteiger charge is -2.18. The number of benzene rings is 7. The summed E-state index contributed by atoms with van der Waals surface area (Å²) in [6, 6.07) is 54.8. The average Bonchev–Trinajstić information content (AvgIpc) is 3.48. The van der Waals surface area contributed by atoms with Gasteiger partial charge in [-0.15, -0.1) is 0 Å². The van der Waals surface area contributed by atoms with E-state index in [1.54, 1.807) is 0 Å². The van der Waals surface area contributed by atoms with Crippen LogP contribution >= 0.6 is 0 Å². The molecule has 8 aromatic rings. The van der Waals surface area contributed by atoms with Crippen LogP contribution < -0.4 is 0 Å². The molecule has 0 amide bonds. The zero-order valence-corrected chi connectivity index (χ0v) is 24.9. The highest BCUT2D eigenvalue weighted by Gasteiger charge is 2.18. The fraction of sp³-hybridized carbons (Fsp3) is 0.0714. The lowest BCUT2D eigenvalue weighted by molar-refractivity contribution is 0.760. The molecule has 8 rings (SSSR count). The van der Waals surface area contributed by atoms with E-state index in [4.69, 9.17) is 4.98 Å². The molecule has 2 heteroatoms. The average molecular weight is 565 g/mol. The van der Waals surface area contributed by atoms with Crippen LogP contribution in [0.1, 0.15) is 25.6 Å². The van der Waals surface area contributed by atoms with Crippen LogP contribution in [0.25, 0.3) is 71.6 Å². The first kappa shape index (κ1) is 26.2. The van der Waals surface area contributed by atoms with Gasteiger partial charge < -0.3 is 0 Å². The van der Waals surface area contributed by atoms with Gasteiger partial charge in [-0.2, -0.15) is 0 Å². The normalized spacial score (nSPS) is 11.6. The van der Waals surface area contributed by atoms with Crippen LogP contribution in [0.15, 0.2) is 152 Å². The number of para-hydroxylation sites is 2. The van der Waals surface area contributed by atoms with E-state index in [1.165, 1.54) is 54.9 Å². The molecular weight excluding hydrogens is 532 g/mol. The van der Waals surface area contributed by atoms with E-state index >= 15 is 0 Å². The van der Waals surface area contributed by atoms with Gasteiger partial charge in [0.25, 0.3) is 0 Å². The molecule has 0 atom stereocenters. The van der Waals surface area contributed by atoms with Gasteiger partial charge in [-0.25, -0.2) is 4.98 Å². The predicted octanol–water partition coefficient (Wildman–Crippen LogP) is 11.5. The summed E-state index contributed by atoms with van der Waals surface area (Å²) < 4.78 is 2.31. The molecule has 210 valence electrons. The lowest BCUT2D eigenvalue weighted by Crippen LogP contribution is -2.03. The van der Waals surface area contributed by atoms with Gasteiger partial charge in [0.2, 0.25) is 0 Å². The number of fused-ring (bicyclic) bond motifs is 3. The summed E-state index contributed by atoms with van der Waals surface area (Å²) in [6.07, 6.45) is 0. The highest BCUT2D eigenvalue weighted by molar-refractivity contribution is 6.21. The molecule has 0 spiro atoms. The summed E-state index contributed by atoms with van der Waals surface area (Å²) in [7, 11) is 0. The van der Waals surface area contributed by atoms with Crippen molar-refractivity contribution in [2.45, 2.75) is 19.8 Å². The van der Waals surface area contributed by atoms with Crippen molar-refractivity contribution in [3.8, 4) is 39.1 Å². The van der Waals surface area contributed by atoms with Crippen LogP contribution in [-0.2, 0) is 0 Å². The first-order chi connectivity index (χ1) is 21.7. The van der Waals surface area contributed by atoms with E-state index in [0.29, 0.717) is 5.92 Å². The van der Waals surface area contributed by atoms with Crippen LogP contribution in [0, 0.1) is 0 Å². The number of imidazole rings is 1. The zero-order valence-electron chi connectivity index (χ0n) is 24.9. The number of rotatable bonds is 5. The van der Waals surface area contributed by atoms with Crippen molar-refractivity contribution >= 4 is 32.6 Å². The third kappa shape index (κ3) is 4.30. The summed E-state index contributed by atoms with van der Waals surface area (Å²) in [4.78, 5) is 4.98. The van der Waals surface area contributed by atoms with Crippen LogP contribution in [0.5, 0.6) is 0 Å². The van der Waals surface area contributed by atoms with Gasteiger partial charge in [-0.1, -0.05) is 141 Å². The Bertz CT molecular complexity index is 2220. The molecule has 1 heterocycles. The van der Waals surface area contributed by atoms with Crippen LogP contribution in [0.2, 0.25) is 0 Å². The lowest BCUT2D eigenvalue weighted by atomic mass is 9.85. The first-order valence-corrected chi connectivity index (χ1v) is 15.3. The second-order valence-corrected chi connectivity index (χ2v) is 11.8. The Labute approximate surface area is 257 Å². The number of aromatic nitrogens is 2. The zero-order chi connectivity index (χ0) is 29.6. The fourth-order valence-electron chi connectivity index (χ4n) is 6.69. The molecule has 1 aromatic heterocycles. The molecule has 0 unspecified atom stereocenters. The Kier molecular flexibility index (Phi) is 6.34. The minimum Gasteiger partial charge on any atom is -0.296 e. The highest BCUT2D eigenvalue weighted by atomic mass is 15.1. The quantitative estimate of drug-likeness (QED) is 0.190. The maximum Gasteiger partial charge on any atom is 0.117 e. The molecule has 2 nitrogen and oxygen atoms in total. The molecule has 0 saturated heterocycles. The van der Waals surface area contributed by atoms with Crippen molar-refractivity contribution in [1.82, 2.24) is 9.55 Å². The first-order valence-electron chi connectivity index (χ1n) is 15.3. The summed E-state index contributed by atoms with van der Waals surface area (Å²) >= 11 is 0. The summed E-state index contributed by atoms with van der Waals surface area (Å²) in [5.41, 5.74) is 10.8. The molecule has 0 saturated carbocycles. The molecule has 0 aliphatic carbocycles. The Morgan fingerprint density at radius 3 is 1.41 bits per heavy atom. The van der Waals surface area contributed by atoms with Gasteiger partial charge in [0.15, 0.2) is 0 Å². The summed E-state index contributed by atoms with van der Waals surface area (Å²) in [5.74, 6) is 1.39. The monoisotopic (exact) mass is 564 g/mol. The number of nitrogens with zero attached hydrogens (tertiary/aromatic N) is 2. The summed E-state index contributed by atoms with van der Waals surface area (Å²) in [5, 5.41) is 5.05. The second-order valence-electron chi connectivity index (χ2n) is 11.8. The largest absolute Gasteiger partial charge is 0.296 e. The van der Waals surface area contributed by atoms with Gasteiger partial charge >= 0.3 is 0 Å². The van der Waals surface area contributed by atoms with E-state index in [2.05, 4.69) is 170 Å². The van der Waals surface area contributed by atoms with Crippen LogP contribution in [0.3, 0.4) is 0 Å². The van der Waals surface area contributed by atoms with Crippen molar-refractivity contribution in [3.05, 3.63) is 157 Å². The van der Waals surface area contributed by atoms with Gasteiger partial charge in [0, 0.05) is 11.6 Å².